The van der Waals surface area contributed by atoms with E-state index in [0.29, 0.717) is 23.7 Å². The fourth-order valence-corrected chi connectivity index (χ4v) is 2.10. The van der Waals surface area contributed by atoms with E-state index in [-0.39, 0.29) is 0 Å². The minimum atomic E-state index is -1.01. The van der Waals surface area contributed by atoms with Gasteiger partial charge in [0.25, 0.3) is 0 Å². The number of carbonyl (C=O) groups is 1. The van der Waals surface area contributed by atoms with E-state index < -0.39 is 5.97 Å². The van der Waals surface area contributed by atoms with Crippen molar-refractivity contribution in [2.24, 2.45) is 0 Å². The summed E-state index contributed by atoms with van der Waals surface area (Å²) in [5, 5.41) is 9.13. The lowest BCUT2D eigenvalue weighted by molar-refractivity contribution is -0.131. The molecule has 0 aliphatic carbocycles. The predicted molar refractivity (Wildman–Crippen MR) is 83.1 cm³/mol. The molecule has 1 heterocycles. The molecule has 0 saturated heterocycles. The first-order chi connectivity index (χ1) is 10.7. The Morgan fingerprint density at radius 2 is 1.91 bits per heavy atom. The molecule has 0 aliphatic heterocycles. The molecule has 0 fully saturated rings. The number of rotatable bonds is 6. The van der Waals surface area contributed by atoms with Gasteiger partial charge in [-0.3, -0.25) is 4.98 Å². The second kappa shape index (κ2) is 7.26. The van der Waals surface area contributed by atoms with E-state index in [2.05, 4.69) is 4.98 Å². The molecular formula is C17H17NO4. The van der Waals surface area contributed by atoms with Crippen LogP contribution >= 0.6 is 0 Å². The van der Waals surface area contributed by atoms with Crippen LogP contribution in [0.25, 0.3) is 5.57 Å². The van der Waals surface area contributed by atoms with Crippen molar-refractivity contribution in [1.29, 1.82) is 0 Å². The third kappa shape index (κ3) is 3.63. The molecule has 5 nitrogen and oxygen atoms in total. The highest BCUT2D eigenvalue weighted by Gasteiger charge is 2.11. The monoisotopic (exact) mass is 299 g/mol. The molecule has 0 amide bonds. The third-order valence-electron chi connectivity index (χ3n) is 3.03. The van der Waals surface area contributed by atoms with E-state index in [1.807, 2.05) is 6.92 Å². The molecule has 0 atom stereocenters. The molecule has 0 aliphatic rings. The quantitative estimate of drug-likeness (QED) is 0.830. The lowest BCUT2D eigenvalue weighted by Gasteiger charge is -2.13. The van der Waals surface area contributed by atoms with Gasteiger partial charge in [-0.15, -0.1) is 0 Å². The first-order valence-electron chi connectivity index (χ1n) is 6.82. The minimum Gasteiger partial charge on any atom is -0.493 e. The van der Waals surface area contributed by atoms with Crippen LogP contribution in [0.15, 0.2) is 48.8 Å². The van der Waals surface area contributed by atoms with Gasteiger partial charge in [-0.25, -0.2) is 4.79 Å². The van der Waals surface area contributed by atoms with Crippen molar-refractivity contribution < 1.29 is 19.4 Å². The number of carboxylic acids is 1. The standard InChI is InChI=1S/C17H17NO4/c1-3-22-16-10-13(4-5-15(16)21-2)14(11-17(19)20)12-6-8-18-9-7-12/h4-11H,3H2,1-2H3,(H,19,20). The maximum atomic E-state index is 11.1. The zero-order valence-electron chi connectivity index (χ0n) is 12.4. The molecule has 0 bridgehead atoms. The summed E-state index contributed by atoms with van der Waals surface area (Å²) in [5.41, 5.74) is 2.08. The number of aromatic nitrogens is 1. The van der Waals surface area contributed by atoms with Crippen LogP contribution in [0.5, 0.6) is 11.5 Å². The van der Waals surface area contributed by atoms with Gasteiger partial charge in [-0.1, -0.05) is 6.07 Å². The Morgan fingerprint density at radius 3 is 2.50 bits per heavy atom. The van der Waals surface area contributed by atoms with E-state index >= 15 is 0 Å². The zero-order valence-corrected chi connectivity index (χ0v) is 12.4. The van der Waals surface area contributed by atoms with Gasteiger partial charge in [0.2, 0.25) is 0 Å². The van der Waals surface area contributed by atoms with Crippen LogP contribution in [0.3, 0.4) is 0 Å². The fraction of sp³-hybridized carbons (Fsp3) is 0.176. The number of nitrogens with zero attached hydrogens (tertiary/aromatic N) is 1. The van der Waals surface area contributed by atoms with Crippen molar-refractivity contribution in [3.8, 4) is 11.5 Å². The largest absolute Gasteiger partial charge is 0.493 e. The fourth-order valence-electron chi connectivity index (χ4n) is 2.10. The van der Waals surface area contributed by atoms with E-state index in [9.17, 15) is 4.79 Å². The molecule has 2 rings (SSSR count). The Balaban J connectivity index is 2.53. The van der Waals surface area contributed by atoms with E-state index in [1.165, 1.54) is 6.08 Å². The summed E-state index contributed by atoms with van der Waals surface area (Å²) in [5.74, 6) is 0.170. The van der Waals surface area contributed by atoms with E-state index in [4.69, 9.17) is 14.6 Å². The molecular weight excluding hydrogens is 282 g/mol. The number of methoxy groups -OCH3 is 1. The SMILES string of the molecule is CCOc1cc(C(=CC(=O)O)c2ccncc2)ccc1OC. The third-order valence-corrected chi connectivity index (χ3v) is 3.03. The molecule has 0 saturated carbocycles. The predicted octanol–water partition coefficient (Wildman–Crippen LogP) is 3.01. The summed E-state index contributed by atoms with van der Waals surface area (Å²) in [6.45, 7) is 2.37. The molecule has 114 valence electrons. The molecule has 1 aromatic heterocycles. The van der Waals surface area contributed by atoms with Crippen molar-refractivity contribution in [3.05, 3.63) is 59.9 Å². The maximum absolute atomic E-state index is 11.1. The smallest absolute Gasteiger partial charge is 0.328 e. The van der Waals surface area contributed by atoms with Gasteiger partial charge in [0.05, 0.1) is 13.7 Å². The first-order valence-corrected chi connectivity index (χ1v) is 6.82. The van der Waals surface area contributed by atoms with Gasteiger partial charge in [-0.05, 0) is 47.9 Å². The molecule has 2 aromatic rings. The number of carboxylic acid groups (broad SMARTS) is 1. The van der Waals surface area contributed by atoms with Crippen LogP contribution in [0.4, 0.5) is 0 Å². The van der Waals surface area contributed by atoms with Crippen LogP contribution < -0.4 is 9.47 Å². The second-order valence-corrected chi connectivity index (χ2v) is 4.43. The van der Waals surface area contributed by atoms with Crippen molar-refractivity contribution in [2.75, 3.05) is 13.7 Å². The van der Waals surface area contributed by atoms with Crippen molar-refractivity contribution >= 4 is 11.5 Å². The Bertz CT molecular complexity index is 680. The Hall–Kier alpha value is -2.82. The first kappa shape index (κ1) is 15.6. The topological polar surface area (TPSA) is 68.7 Å². The normalized spacial score (nSPS) is 11.1. The molecule has 1 aromatic carbocycles. The number of hydrogen-bond acceptors (Lipinski definition) is 4. The van der Waals surface area contributed by atoms with Crippen molar-refractivity contribution in [3.63, 3.8) is 0 Å². The van der Waals surface area contributed by atoms with Crippen LogP contribution in [0.2, 0.25) is 0 Å². The number of benzene rings is 1. The number of aliphatic carboxylic acids is 1. The molecule has 1 N–H and O–H groups in total. The van der Waals surface area contributed by atoms with Gasteiger partial charge in [0.15, 0.2) is 11.5 Å². The summed E-state index contributed by atoms with van der Waals surface area (Å²) < 4.78 is 10.8. The minimum absolute atomic E-state index is 0.493. The number of pyridine rings is 1. The van der Waals surface area contributed by atoms with Crippen molar-refractivity contribution in [2.45, 2.75) is 6.92 Å². The Kier molecular flexibility index (Phi) is 5.14. The molecule has 22 heavy (non-hydrogen) atoms. The van der Waals surface area contributed by atoms with E-state index in [0.717, 1.165) is 11.1 Å². The Labute approximate surface area is 128 Å². The summed E-state index contributed by atoms with van der Waals surface area (Å²) in [6.07, 6.45) is 4.42. The summed E-state index contributed by atoms with van der Waals surface area (Å²) in [7, 11) is 1.56. The van der Waals surface area contributed by atoms with Gasteiger partial charge >= 0.3 is 5.97 Å². The van der Waals surface area contributed by atoms with Crippen LogP contribution in [0, 0.1) is 0 Å². The molecule has 5 heteroatoms. The van der Waals surface area contributed by atoms with Gasteiger partial charge in [0.1, 0.15) is 0 Å². The second-order valence-electron chi connectivity index (χ2n) is 4.43. The highest BCUT2D eigenvalue weighted by molar-refractivity contribution is 5.95. The summed E-state index contributed by atoms with van der Waals surface area (Å²) in [6, 6.07) is 8.87. The summed E-state index contributed by atoms with van der Waals surface area (Å²) in [4.78, 5) is 15.1. The van der Waals surface area contributed by atoms with Gasteiger partial charge in [0, 0.05) is 18.5 Å². The maximum Gasteiger partial charge on any atom is 0.328 e. The van der Waals surface area contributed by atoms with Crippen LogP contribution in [-0.2, 0) is 4.79 Å². The molecule has 0 unspecified atom stereocenters. The highest BCUT2D eigenvalue weighted by atomic mass is 16.5. The Morgan fingerprint density at radius 1 is 1.18 bits per heavy atom. The van der Waals surface area contributed by atoms with E-state index in [1.54, 1.807) is 49.8 Å². The zero-order chi connectivity index (χ0) is 15.9. The summed E-state index contributed by atoms with van der Waals surface area (Å²) >= 11 is 0. The highest BCUT2D eigenvalue weighted by Crippen LogP contribution is 2.33. The number of hydrogen-bond donors (Lipinski definition) is 1. The average Bonchev–Trinajstić information content (AvgIpc) is 2.53. The number of ether oxygens (including phenoxy) is 2. The van der Waals surface area contributed by atoms with Gasteiger partial charge in [-0.2, -0.15) is 0 Å². The lowest BCUT2D eigenvalue weighted by Crippen LogP contribution is -1.99. The van der Waals surface area contributed by atoms with Crippen molar-refractivity contribution in [1.82, 2.24) is 4.98 Å². The van der Waals surface area contributed by atoms with Gasteiger partial charge < -0.3 is 14.6 Å². The van der Waals surface area contributed by atoms with Crippen LogP contribution in [0.1, 0.15) is 18.1 Å². The lowest BCUT2D eigenvalue weighted by atomic mass is 9.98. The van der Waals surface area contributed by atoms with Crippen LogP contribution in [-0.4, -0.2) is 29.8 Å². The molecule has 0 spiro atoms. The molecule has 0 radical (unpaired) electrons. The average molecular weight is 299 g/mol.